The first-order valence-electron chi connectivity index (χ1n) is 10.0. The van der Waals surface area contributed by atoms with Crippen LogP contribution in [0.4, 0.5) is 0 Å². The highest BCUT2D eigenvalue weighted by Crippen LogP contribution is 2.19. The van der Waals surface area contributed by atoms with Gasteiger partial charge in [-0.25, -0.2) is 4.68 Å². The number of nitrogens with zero attached hydrogens (tertiary/aromatic N) is 6. The Bertz CT molecular complexity index is 1310. The smallest absolute Gasteiger partial charge is 0.297 e. The first kappa shape index (κ1) is 21.6. The number of tetrazole rings is 1. The zero-order valence-corrected chi connectivity index (χ0v) is 18.8. The van der Waals surface area contributed by atoms with Crippen molar-refractivity contribution in [1.29, 1.82) is 0 Å². The molecule has 0 saturated heterocycles. The number of hydrogen-bond acceptors (Lipinski definition) is 6. The van der Waals surface area contributed by atoms with Crippen molar-refractivity contribution in [3.05, 3.63) is 81.8 Å². The molecule has 0 aliphatic heterocycles. The summed E-state index contributed by atoms with van der Waals surface area (Å²) < 4.78 is 4.72. The second-order valence-corrected chi connectivity index (χ2v) is 8.28. The van der Waals surface area contributed by atoms with Crippen molar-refractivity contribution in [2.24, 2.45) is 7.05 Å². The van der Waals surface area contributed by atoms with E-state index in [2.05, 4.69) is 20.8 Å². The molecule has 4 rings (SSSR count). The summed E-state index contributed by atoms with van der Waals surface area (Å²) in [6.45, 7) is 4.30. The van der Waals surface area contributed by atoms with Crippen LogP contribution in [0, 0.1) is 13.8 Å². The number of para-hydroxylation sites is 1. The molecule has 2 aromatic heterocycles. The minimum Gasteiger partial charge on any atom is -0.351 e. The van der Waals surface area contributed by atoms with Crippen LogP contribution in [0.5, 0.6) is 0 Å². The Kier molecular flexibility index (Phi) is 6.22. The van der Waals surface area contributed by atoms with E-state index in [1.54, 1.807) is 9.36 Å². The van der Waals surface area contributed by atoms with Crippen LogP contribution in [0.1, 0.15) is 16.8 Å². The number of nitrogens with one attached hydrogen (secondary N) is 1. The topological polar surface area (TPSA) is 99.6 Å². The third kappa shape index (κ3) is 4.35. The Hall–Kier alpha value is -3.66. The van der Waals surface area contributed by atoms with Gasteiger partial charge in [-0.2, -0.15) is 4.68 Å². The van der Waals surface area contributed by atoms with Crippen molar-refractivity contribution < 1.29 is 4.79 Å². The summed E-state index contributed by atoms with van der Waals surface area (Å²) in [5.74, 6) is -0.0113. The van der Waals surface area contributed by atoms with Crippen LogP contribution in [0.25, 0.3) is 11.4 Å². The molecule has 9 nitrogen and oxygen atoms in total. The molecule has 10 heteroatoms. The minimum absolute atomic E-state index is 0.130. The summed E-state index contributed by atoms with van der Waals surface area (Å²) in [5, 5.41) is 15.0. The summed E-state index contributed by atoms with van der Waals surface area (Å²) in [4.78, 5) is 25.6. The highest BCUT2D eigenvalue weighted by molar-refractivity contribution is 7.99. The Morgan fingerprint density at radius 1 is 1.09 bits per heavy atom. The molecule has 1 amide bonds. The van der Waals surface area contributed by atoms with E-state index < -0.39 is 0 Å². The first-order valence-corrected chi connectivity index (χ1v) is 11.0. The molecule has 0 unspecified atom stereocenters. The molecule has 32 heavy (non-hydrogen) atoms. The molecular weight excluding hydrogens is 426 g/mol. The lowest BCUT2D eigenvalue weighted by molar-refractivity contribution is -0.118. The van der Waals surface area contributed by atoms with E-state index in [9.17, 15) is 9.59 Å². The molecule has 0 saturated carbocycles. The third-order valence-corrected chi connectivity index (χ3v) is 6.00. The van der Waals surface area contributed by atoms with E-state index in [1.807, 2.05) is 75.5 Å². The largest absolute Gasteiger partial charge is 0.351 e. The van der Waals surface area contributed by atoms with Gasteiger partial charge in [-0.05, 0) is 42.0 Å². The molecule has 0 spiro atoms. The Morgan fingerprint density at radius 3 is 2.62 bits per heavy atom. The maximum Gasteiger partial charge on any atom is 0.297 e. The molecule has 4 aromatic rings. The molecular formula is C22H23N7O2S. The molecule has 0 aliphatic rings. The van der Waals surface area contributed by atoms with Gasteiger partial charge in [0.25, 0.3) is 5.56 Å². The fraction of sp³-hybridized carbons (Fsp3) is 0.227. The van der Waals surface area contributed by atoms with Crippen molar-refractivity contribution in [3.63, 3.8) is 0 Å². The molecule has 2 heterocycles. The van der Waals surface area contributed by atoms with Gasteiger partial charge in [0.2, 0.25) is 11.1 Å². The van der Waals surface area contributed by atoms with E-state index in [0.717, 1.165) is 16.8 Å². The number of carbonyl (C=O) groups is 1. The number of carbonyl (C=O) groups excluding carboxylic acids is 1. The molecule has 0 aliphatic carbocycles. The van der Waals surface area contributed by atoms with Gasteiger partial charge in [0.05, 0.1) is 17.1 Å². The highest BCUT2D eigenvalue weighted by Gasteiger charge is 2.22. The van der Waals surface area contributed by atoms with Crippen molar-refractivity contribution in [2.45, 2.75) is 25.5 Å². The molecule has 0 atom stereocenters. The lowest BCUT2D eigenvalue weighted by Crippen LogP contribution is -2.25. The van der Waals surface area contributed by atoms with Crippen LogP contribution in [0.3, 0.4) is 0 Å². The highest BCUT2D eigenvalue weighted by atomic mass is 32.2. The predicted octanol–water partition coefficient (Wildman–Crippen LogP) is 2.18. The summed E-state index contributed by atoms with van der Waals surface area (Å²) in [6.07, 6.45) is 0. The minimum atomic E-state index is -0.241. The SMILES string of the molecule is Cc1cccc(CNC(=O)CSc2nnnn2-c2c(C)n(C)n(-c3ccccc3)c2=O)c1. The van der Waals surface area contributed by atoms with Gasteiger partial charge in [-0.1, -0.05) is 59.8 Å². The molecule has 0 bridgehead atoms. The second kappa shape index (κ2) is 9.23. The summed E-state index contributed by atoms with van der Waals surface area (Å²) in [6, 6.07) is 17.3. The van der Waals surface area contributed by atoms with Gasteiger partial charge >= 0.3 is 0 Å². The molecule has 1 N–H and O–H groups in total. The third-order valence-electron chi connectivity index (χ3n) is 5.08. The van der Waals surface area contributed by atoms with Crippen LogP contribution in [0.2, 0.25) is 0 Å². The quantitative estimate of drug-likeness (QED) is 0.434. The second-order valence-electron chi connectivity index (χ2n) is 7.34. The standard InChI is InChI=1S/C22H23N7O2S/c1-15-8-7-9-17(12-15)13-23-19(30)14-32-22-24-25-26-28(22)20-16(2)27(3)29(21(20)31)18-10-5-4-6-11-18/h4-12H,13-14H2,1-3H3,(H,23,30). The lowest BCUT2D eigenvalue weighted by atomic mass is 10.1. The average Bonchev–Trinajstić information content (AvgIpc) is 3.33. The fourth-order valence-electron chi connectivity index (χ4n) is 3.41. The van der Waals surface area contributed by atoms with Gasteiger partial charge in [0.15, 0.2) is 5.69 Å². The van der Waals surface area contributed by atoms with Crippen molar-refractivity contribution >= 4 is 17.7 Å². The van der Waals surface area contributed by atoms with Crippen LogP contribution >= 0.6 is 11.8 Å². The maximum absolute atomic E-state index is 13.2. The molecule has 2 aromatic carbocycles. The van der Waals surface area contributed by atoms with Gasteiger partial charge < -0.3 is 5.32 Å². The fourth-order valence-corrected chi connectivity index (χ4v) is 4.12. The van der Waals surface area contributed by atoms with Gasteiger partial charge in [-0.15, -0.1) is 5.10 Å². The van der Waals surface area contributed by atoms with Crippen LogP contribution < -0.4 is 10.9 Å². The Morgan fingerprint density at radius 2 is 1.88 bits per heavy atom. The summed E-state index contributed by atoms with van der Waals surface area (Å²) in [5.41, 5.74) is 3.74. The molecule has 164 valence electrons. The number of aromatic nitrogens is 6. The summed E-state index contributed by atoms with van der Waals surface area (Å²) >= 11 is 1.18. The van der Waals surface area contributed by atoms with Crippen molar-refractivity contribution in [1.82, 2.24) is 34.9 Å². The van der Waals surface area contributed by atoms with Crippen LogP contribution in [0.15, 0.2) is 64.5 Å². The van der Waals surface area contributed by atoms with E-state index in [4.69, 9.17) is 0 Å². The Labute approximate surface area is 189 Å². The zero-order valence-electron chi connectivity index (χ0n) is 18.0. The maximum atomic E-state index is 13.2. The first-order chi connectivity index (χ1) is 15.5. The monoisotopic (exact) mass is 449 g/mol. The van der Waals surface area contributed by atoms with Crippen molar-refractivity contribution in [2.75, 3.05) is 5.75 Å². The van der Waals surface area contributed by atoms with Gasteiger partial charge in [0.1, 0.15) is 0 Å². The Balaban J connectivity index is 1.51. The normalized spacial score (nSPS) is 11.0. The van der Waals surface area contributed by atoms with Gasteiger partial charge in [-0.3, -0.25) is 14.3 Å². The number of aryl methyl sites for hydroxylation is 1. The van der Waals surface area contributed by atoms with Gasteiger partial charge in [0, 0.05) is 13.6 Å². The molecule has 0 radical (unpaired) electrons. The average molecular weight is 450 g/mol. The predicted molar refractivity (Wildman–Crippen MR) is 122 cm³/mol. The zero-order chi connectivity index (χ0) is 22.7. The van der Waals surface area contributed by atoms with Crippen molar-refractivity contribution in [3.8, 4) is 11.4 Å². The van der Waals surface area contributed by atoms with E-state index in [0.29, 0.717) is 23.1 Å². The van der Waals surface area contributed by atoms with Crippen LogP contribution in [-0.4, -0.2) is 41.2 Å². The lowest BCUT2D eigenvalue weighted by Gasteiger charge is -2.07. The number of hydrogen-bond donors (Lipinski definition) is 1. The molecule has 0 fully saturated rings. The van der Waals surface area contributed by atoms with E-state index >= 15 is 0 Å². The van der Waals surface area contributed by atoms with E-state index in [1.165, 1.54) is 16.4 Å². The number of benzene rings is 2. The number of rotatable bonds is 7. The summed E-state index contributed by atoms with van der Waals surface area (Å²) in [7, 11) is 1.81. The number of amides is 1. The number of thioether (sulfide) groups is 1. The van der Waals surface area contributed by atoms with E-state index in [-0.39, 0.29) is 17.2 Å². The van der Waals surface area contributed by atoms with Crippen LogP contribution in [-0.2, 0) is 18.4 Å².